The van der Waals surface area contributed by atoms with Crippen LogP contribution in [0.15, 0.2) is 57.5 Å². The summed E-state index contributed by atoms with van der Waals surface area (Å²) >= 11 is 3.42. The fourth-order valence-corrected chi connectivity index (χ4v) is 3.66. The van der Waals surface area contributed by atoms with Crippen LogP contribution in [0, 0.1) is 0 Å². The maximum atomic E-state index is 12.9. The Hall–Kier alpha value is -2.87. The van der Waals surface area contributed by atoms with E-state index in [0.717, 1.165) is 22.9 Å². The summed E-state index contributed by atoms with van der Waals surface area (Å²) in [7, 11) is 0. The maximum Gasteiger partial charge on any atom is 0.322 e. The summed E-state index contributed by atoms with van der Waals surface area (Å²) in [5.41, 5.74) is 1.51. The van der Waals surface area contributed by atoms with Crippen LogP contribution in [-0.4, -0.2) is 34.2 Å². The summed E-state index contributed by atoms with van der Waals surface area (Å²) < 4.78 is 12.1. The summed E-state index contributed by atoms with van der Waals surface area (Å²) in [4.78, 5) is 19.2. The molecule has 1 aliphatic heterocycles. The maximum absolute atomic E-state index is 12.9. The van der Waals surface area contributed by atoms with Gasteiger partial charge in [0.15, 0.2) is 0 Å². The molecular formula is C21H21BrN4O3. The number of para-hydroxylation sites is 2. The highest BCUT2D eigenvalue weighted by molar-refractivity contribution is 9.10. The van der Waals surface area contributed by atoms with Crippen LogP contribution in [0.3, 0.4) is 0 Å². The molecule has 0 aliphatic carbocycles. The van der Waals surface area contributed by atoms with Gasteiger partial charge in [-0.2, -0.15) is 4.98 Å². The Kier molecular flexibility index (Phi) is 5.80. The van der Waals surface area contributed by atoms with E-state index in [4.69, 9.17) is 9.26 Å². The summed E-state index contributed by atoms with van der Waals surface area (Å²) in [6, 6.07) is 14.6. The van der Waals surface area contributed by atoms with Gasteiger partial charge in [0, 0.05) is 16.6 Å². The lowest BCUT2D eigenvalue weighted by Crippen LogP contribution is -2.34. The van der Waals surface area contributed by atoms with Crippen LogP contribution in [0.25, 0.3) is 11.4 Å². The van der Waals surface area contributed by atoms with E-state index in [-0.39, 0.29) is 12.1 Å². The third kappa shape index (κ3) is 4.27. The smallest absolute Gasteiger partial charge is 0.322 e. The van der Waals surface area contributed by atoms with Crippen molar-refractivity contribution < 1.29 is 14.1 Å². The van der Waals surface area contributed by atoms with Gasteiger partial charge in [0.05, 0.1) is 12.3 Å². The average Bonchev–Trinajstić information content (AvgIpc) is 3.39. The molecule has 7 nitrogen and oxygen atoms in total. The van der Waals surface area contributed by atoms with Crippen LogP contribution in [0.1, 0.15) is 31.7 Å². The van der Waals surface area contributed by atoms with Gasteiger partial charge in [-0.3, -0.25) is 0 Å². The number of halogens is 1. The first-order valence-electron chi connectivity index (χ1n) is 9.54. The normalized spacial score (nSPS) is 16.1. The number of hydrogen-bond acceptors (Lipinski definition) is 5. The standard InChI is InChI=1S/C21H21BrN4O3/c1-2-28-18-8-4-3-6-16(18)23-21(27)26-13-5-7-17(26)20-24-19(25-29-20)14-9-11-15(22)12-10-14/h3-4,6,8-12,17H,2,5,7,13H2,1H3,(H,23,27)/t17-/m1/s1. The van der Waals surface area contributed by atoms with Crippen molar-refractivity contribution in [2.24, 2.45) is 0 Å². The Morgan fingerprint density at radius 2 is 2.07 bits per heavy atom. The van der Waals surface area contributed by atoms with Gasteiger partial charge < -0.3 is 19.5 Å². The fourth-order valence-electron chi connectivity index (χ4n) is 3.39. The molecule has 3 aromatic rings. The number of amides is 2. The second-order valence-corrected chi connectivity index (χ2v) is 7.59. The second kappa shape index (κ2) is 8.65. The molecule has 2 aromatic carbocycles. The van der Waals surface area contributed by atoms with Crippen molar-refractivity contribution in [1.82, 2.24) is 15.0 Å². The van der Waals surface area contributed by atoms with Crippen molar-refractivity contribution in [2.75, 3.05) is 18.5 Å². The topological polar surface area (TPSA) is 80.5 Å². The van der Waals surface area contributed by atoms with Crippen molar-refractivity contribution >= 4 is 27.6 Å². The van der Waals surface area contributed by atoms with Gasteiger partial charge in [-0.25, -0.2) is 4.79 Å². The predicted molar refractivity (Wildman–Crippen MR) is 113 cm³/mol. The lowest BCUT2D eigenvalue weighted by atomic mass is 10.2. The van der Waals surface area contributed by atoms with Gasteiger partial charge in [0.2, 0.25) is 11.7 Å². The molecule has 4 rings (SSSR count). The van der Waals surface area contributed by atoms with E-state index in [9.17, 15) is 4.79 Å². The molecule has 29 heavy (non-hydrogen) atoms. The SMILES string of the molecule is CCOc1ccccc1NC(=O)N1CCC[C@@H]1c1nc(-c2ccc(Br)cc2)no1. The molecule has 1 saturated heterocycles. The highest BCUT2D eigenvalue weighted by atomic mass is 79.9. The first-order chi connectivity index (χ1) is 14.2. The molecular weight excluding hydrogens is 436 g/mol. The Morgan fingerprint density at radius 3 is 2.86 bits per heavy atom. The highest BCUT2D eigenvalue weighted by Crippen LogP contribution is 2.33. The van der Waals surface area contributed by atoms with Crippen molar-refractivity contribution in [3.63, 3.8) is 0 Å². The van der Waals surface area contributed by atoms with E-state index in [0.29, 0.717) is 36.3 Å². The van der Waals surface area contributed by atoms with E-state index < -0.39 is 0 Å². The molecule has 150 valence electrons. The number of likely N-dealkylation sites (tertiary alicyclic amines) is 1. The summed E-state index contributed by atoms with van der Waals surface area (Å²) in [5.74, 6) is 1.62. The predicted octanol–water partition coefficient (Wildman–Crippen LogP) is 5.27. The van der Waals surface area contributed by atoms with Crippen LogP contribution in [0.5, 0.6) is 5.75 Å². The second-order valence-electron chi connectivity index (χ2n) is 6.67. The lowest BCUT2D eigenvalue weighted by Gasteiger charge is -2.23. The Labute approximate surface area is 177 Å². The minimum Gasteiger partial charge on any atom is -0.492 e. The number of carbonyl (C=O) groups is 1. The van der Waals surface area contributed by atoms with E-state index in [1.807, 2.05) is 55.5 Å². The van der Waals surface area contributed by atoms with Gasteiger partial charge in [0.25, 0.3) is 0 Å². The van der Waals surface area contributed by atoms with Crippen molar-refractivity contribution in [3.05, 3.63) is 58.9 Å². The Balaban J connectivity index is 1.51. The van der Waals surface area contributed by atoms with Gasteiger partial charge in [-0.15, -0.1) is 0 Å². The Bertz CT molecular complexity index is 990. The molecule has 0 radical (unpaired) electrons. The molecule has 0 spiro atoms. The average molecular weight is 457 g/mol. The van der Waals surface area contributed by atoms with Gasteiger partial charge in [-0.05, 0) is 56.2 Å². The number of carbonyl (C=O) groups excluding carboxylic acids is 1. The van der Waals surface area contributed by atoms with E-state index in [1.54, 1.807) is 4.90 Å². The number of ether oxygens (including phenoxy) is 1. The third-order valence-corrected chi connectivity index (χ3v) is 5.30. The molecule has 1 N–H and O–H groups in total. The van der Waals surface area contributed by atoms with Crippen LogP contribution in [-0.2, 0) is 0 Å². The number of nitrogens with zero attached hydrogens (tertiary/aromatic N) is 3. The molecule has 2 heterocycles. The zero-order chi connectivity index (χ0) is 20.2. The summed E-state index contributed by atoms with van der Waals surface area (Å²) in [5, 5.41) is 7.05. The minimum absolute atomic E-state index is 0.206. The van der Waals surface area contributed by atoms with Crippen LogP contribution in [0.2, 0.25) is 0 Å². The highest BCUT2D eigenvalue weighted by Gasteiger charge is 2.34. The number of anilines is 1. The van der Waals surface area contributed by atoms with Crippen molar-refractivity contribution in [3.8, 4) is 17.1 Å². The fraction of sp³-hybridized carbons (Fsp3) is 0.286. The molecule has 1 aliphatic rings. The summed E-state index contributed by atoms with van der Waals surface area (Å²) in [6.07, 6.45) is 1.66. The largest absolute Gasteiger partial charge is 0.492 e. The van der Waals surface area contributed by atoms with Gasteiger partial charge in [0.1, 0.15) is 11.8 Å². The molecule has 0 unspecified atom stereocenters. The number of rotatable bonds is 5. The number of hydrogen-bond donors (Lipinski definition) is 1. The van der Waals surface area contributed by atoms with Crippen LogP contribution >= 0.6 is 15.9 Å². The number of benzene rings is 2. The third-order valence-electron chi connectivity index (χ3n) is 4.77. The first-order valence-corrected chi connectivity index (χ1v) is 10.3. The Morgan fingerprint density at radius 1 is 1.28 bits per heavy atom. The van der Waals surface area contributed by atoms with Crippen molar-refractivity contribution in [1.29, 1.82) is 0 Å². The molecule has 8 heteroatoms. The van der Waals surface area contributed by atoms with E-state index in [2.05, 4.69) is 31.4 Å². The number of aromatic nitrogens is 2. The number of nitrogens with one attached hydrogen (secondary N) is 1. The number of urea groups is 1. The van der Waals surface area contributed by atoms with E-state index >= 15 is 0 Å². The minimum atomic E-state index is -0.244. The molecule has 1 aromatic heterocycles. The van der Waals surface area contributed by atoms with Gasteiger partial charge >= 0.3 is 6.03 Å². The molecule has 1 fully saturated rings. The van der Waals surface area contributed by atoms with Crippen molar-refractivity contribution in [2.45, 2.75) is 25.8 Å². The zero-order valence-electron chi connectivity index (χ0n) is 16.0. The lowest BCUT2D eigenvalue weighted by molar-refractivity contribution is 0.193. The molecule has 0 bridgehead atoms. The van der Waals surface area contributed by atoms with Crippen LogP contribution in [0.4, 0.5) is 10.5 Å². The quantitative estimate of drug-likeness (QED) is 0.565. The van der Waals surface area contributed by atoms with E-state index in [1.165, 1.54) is 0 Å². The van der Waals surface area contributed by atoms with Crippen LogP contribution < -0.4 is 10.1 Å². The first kappa shape index (κ1) is 19.4. The monoisotopic (exact) mass is 456 g/mol. The summed E-state index contributed by atoms with van der Waals surface area (Å²) in [6.45, 7) is 3.07. The zero-order valence-corrected chi connectivity index (χ0v) is 17.6. The molecule has 1 atom stereocenters. The molecule has 2 amide bonds. The van der Waals surface area contributed by atoms with Gasteiger partial charge in [-0.1, -0.05) is 33.2 Å². The molecule has 0 saturated carbocycles.